The van der Waals surface area contributed by atoms with Crippen LogP contribution in [0.5, 0.6) is 5.88 Å². The van der Waals surface area contributed by atoms with Crippen LogP contribution in [0.1, 0.15) is 16.8 Å². The number of amides is 1. The molecule has 0 saturated carbocycles. The lowest BCUT2D eigenvalue weighted by Crippen LogP contribution is -2.34. The zero-order chi connectivity index (χ0) is 26.8. The number of aromatic nitrogens is 1. The second kappa shape index (κ2) is 10.5. The predicted molar refractivity (Wildman–Crippen MR) is 128 cm³/mol. The molecule has 1 heterocycles. The molecule has 0 saturated heterocycles. The van der Waals surface area contributed by atoms with E-state index in [0.717, 1.165) is 21.8 Å². The fourth-order valence-electron chi connectivity index (χ4n) is 3.67. The topological polar surface area (TPSA) is 68.6 Å². The number of halogens is 5. The zero-order valence-corrected chi connectivity index (χ0v) is 21.1. The molecule has 1 aromatic heterocycles. The van der Waals surface area contributed by atoms with E-state index in [9.17, 15) is 30.8 Å². The minimum absolute atomic E-state index is 0.0349. The van der Waals surface area contributed by atoms with Crippen LogP contribution >= 0.6 is 11.6 Å². The molecular weight excluding hydrogens is 524 g/mol. The van der Waals surface area contributed by atoms with Crippen LogP contribution in [0.25, 0.3) is 11.1 Å². The SMILES string of the molecule is Cc1c(-c2ccc(Cl)cc2F)c(OC(=O)N(C)CCS(C)(=O)=O)n(Cc2ccccc2)c1C(F)(F)F. The van der Waals surface area contributed by atoms with Gasteiger partial charge in [-0.15, -0.1) is 0 Å². The lowest BCUT2D eigenvalue weighted by molar-refractivity contribution is -0.144. The van der Waals surface area contributed by atoms with E-state index in [-0.39, 0.29) is 40.6 Å². The first-order valence-corrected chi connectivity index (χ1v) is 13.0. The van der Waals surface area contributed by atoms with Crippen molar-refractivity contribution in [1.82, 2.24) is 9.47 Å². The molecule has 194 valence electrons. The van der Waals surface area contributed by atoms with E-state index >= 15 is 0 Å². The number of hydrogen-bond donors (Lipinski definition) is 0. The van der Waals surface area contributed by atoms with Gasteiger partial charge in [0.05, 0.1) is 17.9 Å². The van der Waals surface area contributed by atoms with Crippen LogP contribution in [-0.2, 0) is 22.6 Å². The summed E-state index contributed by atoms with van der Waals surface area (Å²) >= 11 is 5.83. The van der Waals surface area contributed by atoms with Crippen LogP contribution in [0, 0.1) is 12.7 Å². The van der Waals surface area contributed by atoms with Crippen molar-refractivity contribution >= 4 is 27.5 Å². The van der Waals surface area contributed by atoms with Crippen LogP contribution < -0.4 is 4.74 Å². The van der Waals surface area contributed by atoms with Crippen molar-refractivity contribution in [2.75, 3.05) is 25.6 Å². The lowest BCUT2D eigenvalue weighted by atomic mass is 10.0. The molecule has 36 heavy (non-hydrogen) atoms. The summed E-state index contributed by atoms with van der Waals surface area (Å²) < 4.78 is 86.9. The molecular formula is C24H23ClF4N2O4S. The Kier molecular flexibility index (Phi) is 8.04. The van der Waals surface area contributed by atoms with Crippen LogP contribution in [0.4, 0.5) is 22.4 Å². The van der Waals surface area contributed by atoms with Crippen molar-refractivity contribution in [2.24, 2.45) is 0 Å². The molecule has 0 radical (unpaired) electrons. The molecule has 1 amide bonds. The third-order valence-corrected chi connectivity index (χ3v) is 6.56. The number of hydrogen-bond acceptors (Lipinski definition) is 4. The van der Waals surface area contributed by atoms with E-state index in [0.29, 0.717) is 5.56 Å². The van der Waals surface area contributed by atoms with Crippen molar-refractivity contribution in [1.29, 1.82) is 0 Å². The van der Waals surface area contributed by atoms with Gasteiger partial charge in [0.2, 0.25) is 5.88 Å². The molecule has 0 aliphatic heterocycles. The van der Waals surface area contributed by atoms with E-state index in [1.165, 1.54) is 26.1 Å². The Morgan fingerprint density at radius 3 is 2.33 bits per heavy atom. The first-order chi connectivity index (χ1) is 16.7. The third-order valence-electron chi connectivity index (χ3n) is 5.40. The highest BCUT2D eigenvalue weighted by molar-refractivity contribution is 7.90. The molecule has 2 aromatic carbocycles. The number of benzene rings is 2. The van der Waals surface area contributed by atoms with Crippen LogP contribution in [0.3, 0.4) is 0 Å². The number of ether oxygens (including phenoxy) is 1. The first kappa shape index (κ1) is 27.5. The molecule has 0 bridgehead atoms. The summed E-state index contributed by atoms with van der Waals surface area (Å²) in [6.45, 7) is 0.576. The van der Waals surface area contributed by atoms with Gasteiger partial charge in [-0.05, 0) is 36.2 Å². The number of carbonyl (C=O) groups is 1. The summed E-state index contributed by atoms with van der Waals surface area (Å²) in [6, 6.07) is 11.6. The molecule has 6 nitrogen and oxygen atoms in total. The first-order valence-electron chi connectivity index (χ1n) is 10.6. The standard InChI is InChI=1S/C24H23ClF4N2O4S/c1-15-20(18-10-9-17(25)13-19(18)26)22(35-23(32)30(2)11-12-36(3,33)34)31(21(15)24(27,28)29)14-16-7-5-4-6-8-16/h4-10,13H,11-12,14H2,1-3H3. The normalized spacial score (nSPS) is 12.0. The summed E-state index contributed by atoms with van der Waals surface area (Å²) in [5, 5.41) is 0.0349. The van der Waals surface area contributed by atoms with Gasteiger partial charge >= 0.3 is 12.3 Å². The van der Waals surface area contributed by atoms with Crippen LogP contribution in [-0.4, -0.2) is 49.6 Å². The predicted octanol–water partition coefficient (Wildman–Crippen LogP) is 5.80. The van der Waals surface area contributed by atoms with E-state index in [1.54, 1.807) is 30.3 Å². The molecule has 12 heteroatoms. The van der Waals surface area contributed by atoms with Crippen molar-refractivity contribution in [2.45, 2.75) is 19.6 Å². The third kappa shape index (κ3) is 6.38. The summed E-state index contributed by atoms with van der Waals surface area (Å²) in [5.74, 6) is -1.81. The Hall–Kier alpha value is -3.05. The van der Waals surface area contributed by atoms with Crippen molar-refractivity contribution in [3.63, 3.8) is 0 Å². The van der Waals surface area contributed by atoms with Crippen molar-refractivity contribution in [3.05, 3.63) is 76.2 Å². The Bertz CT molecular complexity index is 1370. The van der Waals surface area contributed by atoms with Gasteiger partial charge in [-0.2, -0.15) is 13.2 Å². The number of alkyl halides is 3. The monoisotopic (exact) mass is 546 g/mol. The second-order valence-corrected chi connectivity index (χ2v) is 11.0. The largest absolute Gasteiger partial charge is 0.431 e. The highest BCUT2D eigenvalue weighted by atomic mass is 35.5. The fourth-order valence-corrected chi connectivity index (χ4v) is 4.43. The van der Waals surface area contributed by atoms with Gasteiger partial charge in [-0.1, -0.05) is 41.9 Å². The number of nitrogens with zero attached hydrogens (tertiary/aromatic N) is 2. The van der Waals surface area contributed by atoms with Crippen LogP contribution in [0.15, 0.2) is 48.5 Å². The number of rotatable bonds is 7. The molecule has 0 spiro atoms. The van der Waals surface area contributed by atoms with Crippen molar-refractivity contribution in [3.8, 4) is 17.0 Å². The quantitative estimate of drug-likeness (QED) is 0.351. The van der Waals surface area contributed by atoms with E-state index in [4.69, 9.17) is 16.3 Å². The Morgan fingerprint density at radius 1 is 1.14 bits per heavy atom. The minimum atomic E-state index is -4.87. The smallest absolute Gasteiger partial charge is 0.392 e. The highest BCUT2D eigenvalue weighted by Crippen LogP contribution is 2.46. The Morgan fingerprint density at radius 2 is 1.78 bits per heavy atom. The molecule has 0 unspecified atom stereocenters. The summed E-state index contributed by atoms with van der Waals surface area (Å²) in [4.78, 5) is 13.7. The molecule has 3 rings (SSSR count). The van der Waals surface area contributed by atoms with Crippen LogP contribution in [0.2, 0.25) is 5.02 Å². The average Bonchev–Trinajstić information content (AvgIpc) is 3.03. The van der Waals surface area contributed by atoms with E-state index < -0.39 is 39.5 Å². The average molecular weight is 547 g/mol. The summed E-state index contributed by atoms with van der Waals surface area (Å²) in [6.07, 6.45) is -4.99. The lowest BCUT2D eigenvalue weighted by Gasteiger charge is -2.19. The van der Waals surface area contributed by atoms with E-state index in [2.05, 4.69) is 0 Å². The van der Waals surface area contributed by atoms with Gasteiger partial charge in [0, 0.05) is 30.4 Å². The number of carbonyl (C=O) groups excluding carboxylic acids is 1. The number of sulfone groups is 1. The zero-order valence-electron chi connectivity index (χ0n) is 19.6. The maximum Gasteiger partial charge on any atom is 0.431 e. The fraction of sp³-hybridized carbons (Fsp3) is 0.292. The highest BCUT2D eigenvalue weighted by Gasteiger charge is 2.41. The van der Waals surface area contributed by atoms with Gasteiger partial charge in [0.1, 0.15) is 21.3 Å². The second-order valence-electron chi connectivity index (χ2n) is 8.27. The van der Waals surface area contributed by atoms with Gasteiger partial charge in [0.15, 0.2) is 0 Å². The van der Waals surface area contributed by atoms with Gasteiger partial charge < -0.3 is 14.2 Å². The van der Waals surface area contributed by atoms with Gasteiger partial charge in [-0.3, -0.25) is 0 Å². The summed E-state index contributed by atoms with van der Waals surface area (Å²) in [7, 11) is -2.17. The van der Waals surface area contributed by atoms with Gasteiger partial charge in [0.25, 0.3) is 0 Å². The molecule has 0 atom stereocenters. The minimum Gasteiger partial charge on any atom is -0.392 e. The van der Waals surface area contributed by atoms with Gasteiger partial charge in [-0.25, -0.2) is 17.6 Å². The molecule has 0 fully saturated rings. The van der Waals surface area contributed by atoms with E-state index in [1.807, 2.05) is 0 Å². The Labute approximate surface area is 211 Å². The molecule has 0 aliphatic rings. The Balaban J connectivity index is 2.22. The van der Waals surface area contributed by atoms with Crippen molar-refractivity contribution < 1.29 is 35.5 Å². The molecule has 3 aromatic rings. The summed E-state index contributed by atoms with van der Waals surface area (Å²) in [5.41, 5.74) is -1.49. The maximum absolute atomic E-state index is 14.9. The maximum atomic E-state index is 14.9. The molecule has 0 aliphatic carbocycles. The molecule has 0 N–H and O–H groups in total.